The van der Waals surface area contributed by atoms with Gasteiger partial charge in [-0.15, -0.1) is 11.3 Å². The summed E-state index contributed by atoms with van der Waals surface area (Å²) in [7, 11) is 0. The Labute approximate surface area is 184 Å². The maximum absolute atomic E-state index is 14.6. The van der Waals surface area contributed by atoms with Crippen LogP contribution in [-0.4, -0.2) is 50.7 Å². The van der Waals surface area contributed by atoms with E-state index in [1.54, 1.807) is 6.20 Å². The average molecular weight is 444 g/mol. The van der Waals surface area contributed by atoms with Gasteiger partial charge >= 0.3 is 0 Å². The largest absolute Gasteiger partial charge is 0.469 e. The third-order valence-corrected chi connectivity index (χ3v) is 6.38. The number of aryl methyl sites for hydroxylation is 1. The van der Waals surface area contributed by atoms with Crippen LogP contribution >= 0.6 is 11.3 Å². The highest BCUT2D eigenvalue weighted by Crippen LogP contribution is 2.33. The van der Waals surface area contributed by atoms with Gasteiger partial charge < -0.3 is 19.5 Å². The van der Waals surface area contributed by atoms with Crippen LogP contribution in [0.15, 0.2) is 37.2 Å². The van der Waals surface area contributed by atoms with Crippen molar-refractivity contribution in [1.82, 2.24) is 19.4 Å². The molecule has 0 spiro atoms. The van der Waals surface area contributed by atoms with E-state index in [2.05, 4.69) is 40.3 Å². The van der Waals surface area contributed by atoms with E-state index in [4.69, 9.17) is 4.74 Å². The molecule has 3 aromatic rings. The van der Waals surface area contributed by atoms with Gasteiger partial charge in [-0.1, -0.05) is 13.5 Å². The standard InChI is InChI=1S/C22H26FN5O2S/c1-5-13(3)28-8-7-15-17(28)9-19(26-22-24-10-14(4)31-22)25-21(15)30-18-12-27(11-16(18)23)20(29)6-2/h6-10,13,16,18H,2,5,11-12H2,1,3-4H3,(H,24,25,26)/t13-,16-,18+/m0/s1. The summed E-state index contributed by atoms with van der Waals surface area (Å²) < 4.78 is 22.9. The normalized spacial score (nSPS) is 19.5. The maximum Gasteiger partial charge on any atom is 0.246 e. The highest BCUT2D eigenvalue weighted by atomic mass is 32.1. The number of carbonyl (C=O) groups is 1. The number of amides is 1. The number of carbonyl (C=O) groups excluding carboxylic acids is 1. The molecule has 1 aliphatic rings. The second kappa shape index (κ2) is 8.66. The third kappa shape index (κ3) is 4.27. The number of likely N-dealkylation sites (tertiary alicyclic amines) is 1. The number of halogens is 1. The Morgan fingerprint density at radius 1 is 1.52 bits per heavy atom. The number of rotatable bonds is 7. The Balaban J connectivity index is 1.70. The first-order chi connectivity index (χ1) is 14.9. The van der Waals surface area contributed by atoms with Crippen LogP contribution in [0.3, 0.4) is 0 Å². The summed E-state index contributed by atoms with van der Waals surface area (Å²) in [5.41, 5.74) is 0.947. The zero-order chi connectivity index (χ0) is 22.1. The maximum atomic E-state index is 14.6. The molecule has 4 heterocycles. The number of hydrogen-bond donors (Lipinski definition) is 1. The van der Waals surface area contributed by atoms with E-state index in [1.165, 1.54) is 22.3 Å². The Morgan fingerprint density at radius 2 is 2.32 bits per heavy atom. The molecule has 0 unspecified atom stereocenters. The summed E-state index contributed by atoms with van der Waals surface area (Å²) >= 11 is 1.53. The number of aromatic nitrogens is 3. The van der Waals surface area contributed by atoms with E-state index in [0.717, 1.165) is 27.3 Å². The summed E-state index contributed by atoms with van der Waals surface area (Å²) in [6.45, 7) is 9.88. The van der Waals surface area contributed by atoms with Crippen LogP contribution in [0.1, 0.15) is 31.2 Å². The van der Waals surface area contributed by atoms with E-state index in [0.29, 0.717) is 11.7 Å². The summed E-state index contributed by atoms with van der Waals surface area (Å²) in [6.07, 6.45) is 3.87. The van der Waals surface area contributed by atoms with E-state index in [1.807, 2.05) is 25.3 Å². The van der Waals surface area contributed by atoms with E-state index in [9.17, 15) is 9.18 Å². The molecule has 3 aromatic heterocycles. The van der Waals surface area contributed by atoms with Crippen LogP contribution in [-0.2, 0) is 4.79 Å². The fourth-order valence-corrected chi connectivity index (χ4v) is 4.35. The monoisotopic (exact) mass is 443 g/mol. The Bertz CT molecular complexity index is 1110. The Morgan fingerprint density at radius 3 is 3.00 bits per heavy atom. The highest BCUT2D eigenvalue weighted by Gasteiger charge is 2.37. The molecule has 1 fully saturated rings. The Hall–Kier alpha value is -2.94. The average Bonchev–Trinajstić information content (AvgIpc) is 3.46. The molecule has 0 radical (unpaired) electrons. The topological polar surface area (TPSA) is 72.3 Å². The molecular formula is C22H26FN5O2S. The van der Waals surface area contributed by atoms with E-state index < -0.39 is 12.3 Å². The molecule has 1 aliphatic heterocycles. The number of nitrogens with zero attached hydrogens (tertiary/aromatic N) is 4. The van der Waals surface area contributed by atoms with Gasteiger partial charge in [0.2, 0.25) is 11.8 Å². The van der Waals surface area contributed by atoms with Crippen LogP contribution in [0.2, 0.25) is 0 Å². The lowest BCUT2D eigenvalue weighted by atomic mass is 10.2. The summed E-state index contributed by atoms with van der Waals surface area (Å²) in [5.74, 6) is 0.618. The van der Waals surface area contributed by atoms with Crippen molar-refractivity contribution in [3.63, 3.8) is 0 Å². The number of fused-ring (bicyclic) bond motifs is 1. The van der Waals surface area contributed by atoms with Gasteiger partial charge in [-0.3, -0.25) is 4.79 Å². The van der Waals surface area contributed by atoms with Crippen LogP contribution in [0.4, 0.5) is 15.3 Å². The summed E-state index contributed by atoms with van der Waals surface area (Å²) in [5, 5.41) is 4.77. The molecule has 0 saturated carbocycles. The molecule has 164 valence electrons. The molecule has 1 amide bonds. The van der Waals surface area contributed by atoms with Crippen LogP contribution in [0.25, 0.3) is 10.9 Å². The minimum absolute atomic E-state index is 0.0110. The van der Waals surface area contributed by atoms with Gasteiger partial charge in [0.25, 0.3) is 0 Å². The molecule has 3 atom stereocenters. The van der Waals surface area contributed by atoms with Gasteiger partial charge in [-0.2, -0.15) is 4.98 Å². The minimum atomic E-state index is -1.30. The van der Waals surface area contributed by atoms with Crippen molar-refractivity contribution in [1.29, 1.82) is 0 Å². The van der Waals surface area contributed by atoms with Crippen molar-refractivity contribution >= 4 is 39.1 Å². The van der Waals surface area contributed by atoms with Crippen molar-refractivity contribution < 1.29 is 13.9 Å². The van der Waals surface area contributed by atoms with Gasteiger partial charge in [0.1, 0.15) is 5.82 Å². The van der Waals surface area contributed by atoms with Gasteiger partial charge in [-0.05, 0) is 32.4 Å². The van der Waals surface area contributed by atoms with Gasteiger partial charge in [0, 0.05) is 29.4 Å². The molecule has 4 rings (SSSR count). The minimum Gasteiger partial charge on any atom is -0.469 e. The SMILES string of the molecule is C=CC(=O)N1C[C@H](F)[C@H](Oc2nc(Nc3ncc(C)s3)cc3c2ccn3[C@@H](C)CC)C1. The number of nitrogens with one attached hydrogen (secondary N) is 1. The van der Waals surface area contributed by atoms with E-state index >= 15 is 0 Å². The van der Waals surface area contributed by atoms with E-state index in [-0.39, 0.29) is 25.0 Å². The quantitative estimate of drug-likeness (QED) is 0.539. The number of anilines is 2. The fraction of sp³-hybridized carbons (Fsp3) is 0.409. The van der Waals surface area contributed by atoms with Crippen LogP contribution in [0.5, 0.6) is 5.88 Å². The zero-order valence-corrected chi connectivity index (χ0v) is 18.7. The van der Waals surface area contributed by atoms with Crippen molar-refractivity contribution in [3.05, 3.63) is 42.1 Å². The summed E-state index contributed by atoms with van der Waals surface area (Å²) in [6, 6.07) is 4.18. The number of pyridine rings is 1. The number of ether oxygens (including phenoxy) is 1. The molecule has 9 heteroatoms. The first-order valence-corrected chi connectivity index (χ1v) is 11.1. The molecule has 7 nitrogen and oxygen atoms in total. The molecule has 31 heavy (non-hydrogen) atoms. The highest BCUT2D eigenvalue weighted by molar-refractivity contribution is 7.15. The molecule has 1 N–H and O–H groups in total. The first-order valence-electron chi connectivity index (χ1n) is 10.3. The molecule has 0 bridgehead atoms. The zero-order valence-electron chi connectivity index (χ0n) is 17.8. The molecule has 1 saturated heterocycles. The lowest BCUT2D eigenvalue weighted by molar-refractivity contribution is -0.125. The summed E-state index contributed by atoms with van der Waals surface area (Å²) in [4.78, 5) is 23.3. The molecular weight excluding hydrogens is 417 g/mol. The predicted octanol–water partition coefficient (Wildman–Crippen LogP) is 4.63. The molecule has 0 aliphatic carbocycles. The number of thiazole rings is 1. The van der Waals surface area contributed by atoms with Crippen molar-refractivity contribution in [2.45, 2.75) is 45.5 Å². The second-order valence-corrected chi connectivity index (χ2v) is 8.98. The first kappa shape index (κ1) is 21.3. The van der Waals surface area contributed by atoms with Gasteiger partial charge in [-0.25, -0.2) is 9.37 Å². The van der Waals surface area contributed by atoms with Gasteiger partial charge in [0.05, 0.1) is 24.0 Å². The van der Waals surface area contributed by atoms with Crippen LogP contribution in [0, 0.1) is 6.92 Å². The fourth-order valence-electron chi connectivity index (χ4n) is 3.68. The second-order valence-electron chi connectivity index (χ2n) is 7.75. The lowest BCUT2D eigenvalue weighted by Crippen LogP contribution is -2.30. The Kier molecular flexibility index (Phi) is 5.95. The third-order valence-electron chi connectivity index (χ3n) is 5.55. The van der Waals surface area contributed by atoms with Crippen molar-refractivity contribution in [2.75, 3.05) is 18.4 Å². The molecule has 0 aromatic carbocycles. The van der Waals surface area contributed by atoms with Gasteiger partial charge in [0.15, 0.2) is 17.4 Å². The lowest BCUT2D eigenvalue weighted by Gasteiger charge is -2.18. The van der Waals surface area contributed by atoms with Crippen molar-refractivity contribution in [2.24, 2.45) is 0 Å². The van der Waals surface area contributed by atoms with Crippen molar-refractivity contribution in [3.8, 4) is 5.88 Å². The van der Waals surface area contributed by atoms with Crippen LogP contribution < -0.4 is 10.1 Å². The predicted molar refractivity (Wildman–Crippen MR) is 121 cm³/mol. The number of alkyl halides is 1. The number of hydrogen-bond acceptors (Lipinski definition) is 6. The smallest absolute Gasteiger partial charge is 0.246 e.